The summed E-state index contributed by atoms with van der Waals surface area (Å²) in [5, 5.41) is 2.96. The number of benzene rings is 1. The molecule has 15 heavy (non-hydrogen) atoms. The maximum absolute atomic E-state index is 11.7. The Morgan fingerprint density at radius 2 is 2.07 bits per heavy atom. The Balaban J connectivity index is 2.55. The lowest BCUT2D eigenvalue weighted by atomic mass is 10.1. The zero-order chi connectivity index (χ0) is 11.1. The summed E-state index contributed by atoms with van der Waals surface area (Å²) in [4.78, 5) is 11.7. The Kier molecular flexibility index (Phi) is 5.19. The zero-order valence-electron chi connectivity index (χ0n) is 8.87. The van der Waals surface area contributed by atoms with Crippen molar-refractivity contribution in [3.63, 3.8) is 0 Å². The lowest BCUT2D eigenvalue weighted by Crippen LogP contribution is -2.34. The number of hydrogen-bond donors (Lipinski definition) is 1. The van der Waals surface area contributed by atoms with E-state index in [0.717, 1.165) is 12.8 Å². The molecule has 0 aliphatic rings. The molecule has 0 radical (unpaired) electrons. The second-order valence-corrected chi connectivity index (χ2v) is 3.80. The van der Waals surface area contributed by atoms with E-state index in [1.807, 2.05) is 37.3 Å². The number of halogens is 1. The van der Waals surface area contributed by atoms with Gasteiger partial charge in [0.15, 0.2) is 0 Å². The van der Waals surface area contributed by atoms with Crippen LogP contribution in [0.2, 0.25) is 0 Å². The smallest absolute Gasteiger partial charge is 0.251 e. The van der Waals surface area contributed by atoms with E-state index in [1.165, 1.54) is 0 Å². The number of amides is 1. The van der Waals surface area contributed by atoms with Gasteiger partial charge in [-0.05, 0) is 25.0 Å². The topological polar surface area (TPSA) is 29.1 Å². The van der Waals surface area contributed by atoms with Gasteiger partial charge in [-0.1, -0.05) is 25.1 Å². The van der Waals surface area contributed by atoms with Crippen molar-refractivity contribution >= 4 is 17.5 Å². The minimum Gasteiger partial charge on any atom is -0.349 e. The number of nitrogens with one attached hydrogen (secondary N) is 1. The van der Waals surface area contributed by atoms with Crippen LogP contribution in [-0.4, -0.2) is 17.8 Å². The average Bonchev–Trinajstić information content (AvgIpc) is 2.29. The summed E-state index contributed by atoms with van der Waals surface area (Å²) in [7, 11) is 0. The number of carbonyl (C=O) groups excluding carboxylic acids is 1. The summed E-state index contributed by atoms with van der Waals surface area (Å²) in [6.07, 6.45) is 1.72. The molecule has 0 bridgehead atoms. The van der Waals surface area contributed by atoms with Crippen molar-refractivity contribution in [1.82, 2.24) is 5.32 Å². The minimum atomic E-state index is -0.0208. The Hall–Kier alpha value is -1.02. The third-order valence-corrected chi connectivity index (χ3v) is 2.54. The number of alkyl halides is 1. The van der Waals surface area contributed by atoms with Gasteiger partial charge in [-0.3, -0.25) is 4.79 Å². The molecule has 1 unspecified atom stereocenters. The first-order valence-corrected chi connectivity index (χ1v) is 5.73. The van der Waals surface area contributed by atoms with E-state index in [2.05, 4.69) is 5.32 Å². The van der Waals surface area contributed by atoms with Crippen LogP contribution < -0.4 is 5.32 Å². The largest absolute Gasteiger partial charge is 0.349 e. The Labute approximate surface area is 95.6 Å². The standard InChI is InChI=1S/C12H16ClNO/c1-2-11(8-9-13)14-12(15)10-6-4-3-5-7-10/h3-7,11H,2,8-9H2,1H3,(H,14,15). The first kappa shape index (κ1) is 12.1. The molecule has 0 aromatic heterocycles. The van der Waals surface area contributed by atoms with Crippen molar-refractivity contribution in [2.45, 2.75) is 25.8 Å². The monoisotopic (exact) mass is 225 g/mol. The molecular weight excluding hydrogens is 210 g/mol. The van der Waals surface area contributed by atoms with Gasteiger partial charge < -0.3 is 5.32 Å². The quantitative estimate of drug-likeness (QED) is 0.768. The molecule has 0 fully saturated rings. The molecule has 1 N–H and O–H groups in total. The number of rotatable bonds is 5. The van der Waals surface area contributed by atoms with Crippen LogP contribution in [0.1, 0.15) is 30.1 Å². The van der Waals surface area contributed by atoms with Crippen LogP contribution in [-0.2, 0) is 0 Å². The third-order valence-electron chi connectivity index (χ3n) is 2.32. The molecule has 1 aromatic carbocycles. The van der Waals surface area contributed by atoms with Gasteiger partial charge in [-0.25, -0.2) is 0 Å². The highest BCUT2D eigenvalue weighted by Gasteiger charge is 2.10. The van der Waals surface area contributed by atoms with Crippen molar-refractivity contribution in [2.24, 2.45) is 0 Å². The zero-order valence-corrected chi connectivity index (χ0v) is 9.63. The summed E-state index contributed by atoms with van der Waals surface area (Å²) in [5.74, 6) is 0.556. The fourth-order valence-electron chi connectivity index (χ4n) is 1.37. The van der Waals surface area contributed by atoms with Gasteiger partial charge in [0, 0.05) is 17.5 Å². The summed E-state index contributed by atoms with van der Waals surface area (Å²) < 4.78 is 0. The third kappa shape index (κ3) is 3.92. The lowest BCUT2D eigenvalue weighted by Gasteiger charge is -2.15. The van der Waals surface area contributed by atoms with Crippen LogP contribution in [0.15, 0.2) is 30.3 Å². The molecule has 3 heteroatoms. The van der Waals surface area contributed by atoms with E-state index in [9.17, 15) is 4.79 Å². The van der Waals surface area contributed by atoms with Crippen molar-refractivity contribution in [1.29, 1.82) is 0 Å². The first-order valence-electron chi connectivity index (χ1n) is 5.19. The molecule has 0 saturated carbocycles. The van der Waals surface area contributed by atoms with Crippen molar-refractivity contribution in [2.75, 3.05) is 5.88 Å². The predicted octanol–water partition coefficient (Wildman–Crippen LogP) is 2.82. The van der Waals surface area contributed by atoms with E-state index in [1.54, 1.807) is 0 Å². The highest BCUT2D eigenvalue weighted by molar-refractivity contribution is 6.17. The average molecular weight is 226 g/mol. The van der Waals surface area contributed by atoms with E-state index < -0.39 is 0 Å². The van der Waals surface area contributed by atoms with Crippen LogP contribution in [0.4, 0.5) is 0 Å². The van der Waals surface area contributed by atoms with Crippen LogP contribution in [0.25, 0.3) is 0 Å². The molecular formula is C12H16ClNO. The van der Waals surface area contributed by atoms with Gasteiger partial charge in [0.1, 0.15) is 0 Å². The number of hydrogen-bond acceptors (Lipinski definition) is 1. The van der Waals surface area contributed by atoms with Crippen LogP contribution in [0.3, 0.4) is 0 Å². The van der Waals surface area contributed by atoms with Gasteiger partial charge in [0.05, 0.1) is 0 Å². The minimum absolute atomic E-state index is 0.0208. The van der Waals surface area contributed by atoms with Gasteiger partial charge in [-0.15, -0.1) is 11.6 Å². The molecule has 0 aliphatic carbocycles. The molecule has 0 spiro atoms. The molecule has 1 aromatic rings. The molecule has 1 amide bonds. The van der Waals surface area contributed by atoms with E-state index >= 15 is 0 Å². The van der Waals surface area contributed by atoms with Gasteiger partial charge in [-0.2, -0.15) is 0 Å². The maximum Gasteiger partial charge on any atom is 0.251 e. The second-order valence-electron chi connectivity index (χ2n) is 3.42. The highest BCUT2D eigenvalue weighted by atomic mass is 35.5. The summed E-state index contributed by atoms with van der Waals surface area (Å²) in [6, 6.07) is 9.41. The van der Waals surface area contributed by atoms with Crippen LogP contribution >= 0.6 is 11.6 Å². The second kappa shape index (κ2) is 6.46. The lowest BCUT2D eigenvalue weighted by molar-refractivity contribution is 0.0935. The summed E-state index contributed by atoms with van der Waals surface area (Å²) in [6.45, 7) is 2.04. The molecule has 2 nitrogen and oxygen atoms in total. The van der Waals surface area contributed by atoms with Gasteiger partial charge in [0.25, 0.3) is 5.91 Å². The maximum atomic E-state index is 11.7. The fourth-order valence-corrected chi connectivity index (χ4v) is 1.63. The summed E-state index contributed by atoms with van der Waals surface area (Å²) >= 11 is 5.65. The van der Waals surface area contributed by atoms with Crippen molar-refractivity contribution in [3.8, 4) is 0 Å². The molecule has 82 valence electrons. The molecule has 0 aliphatic heterocycles. The molecule has 1 rings (SSSR count). The molecule has 0 heterocycles. The number of carbonyl (C=O) groups is 1. The highest BCUT2D eigenvalue weighted by Crippen LogP contribution is 2.03. The van der Waals surface area contributed by atoms with Crippen LogP contribution in [0.5, 0.6) is 0 Å². The van der Waals surface area contributed by atoms with Crippen molar-refractivity contribution in [3.05, 3.63) is 35.9 Å². The fraction of sp³-hybridized carbons (Fsp3) is 0.417. The van der Waals surface area contributed by atoms with E-state index in [0.29, 0.717) is 11.4 Å². The summed E-state index contributed by atoms with van der Waals surface area (Å²) in [5.41, 5.74) is 0.700. The van der Waals surface area contributed by atoms with Crippen molar-refractivity contribution < 1.29 is 4.79 Å². The van der Waals surface area contributed by atoms with Crippen LogP contribution in [0, 0.1) is 0 Å². The SMILES string of the molecule is CCC(CCCl)NC(=O)c1ccccc1. The predicted molar refractivity (Wildman–Crippen MR) is 63.3 cm³/mol. The Bertz CT molecular complexity index is 300. The normalized spacial score (nSPS) is 12.1. The molecule has 0 saturated heterocycles. The van der Waals surface area contributed by atoms with E-state index in [4.69, 9.17) is 11.6 Å². The van der Waals surface area contributed by atoms with E-state index in [-0.39, 0.29) is 11.9 Å². The Morgan fingerprint density at radius 3 is 2.60 bits per heavy atom. The first-order chi connectivity index (χ1) is 7.27. The Morgan fingerprint density at radius 1 is 1.40 bits per heavy atom. The van der Waals surface area contributed by atoms with Gasteiger partial charge >= 0.3 is 0 Å². The molecule has 1 atom stereocenters. The van der Waals surface area contributed by atoms with Gasteiger partial charge in [0.2, 0.25) is 0 Å².